The number of aliphatic hydroxyl groups excluding tert-OH is 3. The standard InChI is InChI=1S/C21H19ClO2.C17H17FN6O3.C16H15FN6O4/c1-23-19-12-8-17(9-13-19)21(22,16-6-4-3-5-7-16)18-10-14-20(24-2)15-11-18;1-2-10-13(25)11(18)17(27-10)24-15-12(22-23-24)14(19-8-20-15)21-16(26)9-6-4-3-5-7-9;17-10-12(25)9(6-24)27-16(10)23-14-11(21-22-23)13(18-7-19-14)20-15(26)8-4-2-1-3-5-8/h3-15H,1-2H3;3-8,10-11,13,17,25H,2H2,1H3,(H,19,20,21,26);1-5,7,9-10,12,16,24-25H,6H2,(H,18,19,20,26)/t;10-,11+,13-,17-;9-,10+,12-,16-/m.11/s1. The molecule has 2 fully saturated rings. The number of amides is 2. The van der Waals surface area contributed by atoms with Gasteiger partial charge in [0.2, 0.25) is 0 Å². The molecule has 0 spiro atoms. The number of aromatic nitrogens is 10. The van der Waals surface area contributed by atoms with E-state index in [1.165, 1.54) is 17.3 Å². The van der Waals surface area contributed by atoms with Crippen molar-refractivity contribution in [3.05, 3.63) is 180 Å². The lowest BCUT2D eigenvalue weighted by Crippen LogP contribution is -2.30. The molecule has 78 heavy (non-hydrogen) atoms. The van der Waals surface area contributed by atoms with Gasteiger partial charge in [-0.05, 0) is 71.6 Å². The lowest BCUT2D eigenvalue weighted by molar-refractivity contribution is -0.0512. The van der Waals surface area contributed by atoms with Gasteiger partial charge < -0.3 is 44.9 Å². The molecular weight excluding hydrogens is 1030 g/mol. The summed E-state index contributed by atoms with van der Waals surface area (Å²) >= 11 is 7.22. The van der Waals surface area contributed by atoms with Crippen LogP contribution in [0, 0.1) is 0 Å². The van der Waals surface area contributed by atoms with Crippen molar-refractivity contribution in [3.8, 4) is 11.5 Å². The number of ether oxygens (including phenoxy) is 4. The van der Waals surface area contributed by atoms with Crippen molar-refractivity contribution in [3.63, 3.8) is 0 Å². The first kappa shape index (κ1) is 54.3. The molecule has 6 heterocycles. The average molecular weight is 1090 g/mol. The van der Waals surface area contributed by atoms with Gasteiger partial charge in [-0.3, -0.25) is 9.59 Å². The normalized spacial score (nSPS) is 20.7. The molecule has 5 N–H and O–H groups in total. The van der Waals surface area contributed by atoms with Gasteiger partial charge in [0.25, 0.3) is 11.8 Å². The third kappa shape index (κ3) is 11.2. The molecule has 9 aromatic rings. The zero-order valence-corrected chi connectivity index (χ0v) is 42.6. The molecule has 21 nitrogen and oxygen atoms in total. The Bertz CT molecular complexity index is 3240. The van der Waals surface area contributed by atoms with E-state index in [0.29, 0.717) is 17.5 Å². The molecule has 2 aliphatic rings. The van der Waals surface area contributed by atoms with Crippen LogP contribution in [0.3, 0.4) is 0 Å². The van der Waals surface area contributed by atoms with Gasteiger partial charge in [0.15, 0.2) is 58.8 Å². The minimum Gasteiger partial charge on any atom is -0.497 e. The highest BCUT2D eigenvalue weighted by molar-refractivity contribution is 6.28. The Hall–Kier alpha value is -8.45. The number of carbonyl (C=O) groups is 2. The van der Waals surface area contributed by atoms with E-state index in [-0.39, 0.29) is 39.9 Å². The molecule has 0 bridgehead atoms. The highest BCUT2D eigenvalue weighted by atomic mass is 35.5. The third-order valence-corrected chi connectivity index (χ3v) is 13.5. The largest absolute Gasteiger partial charge is 0.497 e. The van der Waals surface area contributed by atoms with Gasteiger partial charge >= 0.3 is 0 Å². The molecule has 0 aliphatic carbocycles. The molecule has 0 unspecified atom stereocenters. The Morgan fingerprint density at radius 1 is 0.603 bits per heavy atom. The monoisotopic (exact) mass is 1080 g/mol. The number of methoxy groups -OCH3 is 2. The molecular formula is C54H51ClF2N12O9. The maximum Gasteiger partial charge on any atom is 0.256 e. The number of carbonyl (C=O) groups excluding carboxylic acids is 2. The maximum absolute atomic E-state index is 14.5. The summed E-state index contributed by atoms with van der Waals surface area (Å²) in [5.41, 5.74) is 4.52. The highest BCUT2D eigenvalue weighted by Gasteiger charge is 2.47. The van der Waals surface area contributed by atoms with Crippen LogP contribution in [0.25, 0.3) is 22.3 Å². The SMILES string of the molecule is CC[C@H]1O[C@@H](n2nnc3c(NC(=O)c4ccccc4)ncnc32)[C@@H](F)[C@@H]1O.COc1ccc(C(Cl)(c2ccccc2)c2ccc(OC)cc2)cc1.O=C(Nc1ncnc2c1nnn2[C@@H]1O[C@H](CO)[C@@H](O)[C@@H]1F)c1ccccc1. The smallest absolute Gasteiger partial charge is 0.256 e. The number of anilines is 2. The molecule has 24 heteroatoms. The lowest BCUT2D eigenvalue weighted by Gasteiger charge is -2.29. The van der Waals surface area contributed by atoms with E-state index in [1.807, 2.05) is 78.9 Å². The molecule has 8 atom stereocenters. The van der Waals surface area contributed by atoms with Crippen LogP contribution in [0.5, 0.6) is 11.5 Å². The van der Waals surface area contributed by atoms with Crippen LogP contribution in [-0.4, -0.2) is 135 Å². The number of aliphatic hydroxyl groups is 3. The number of fused-ring (bicyclic) bond motifs is 2. The van der Waals surface area contributed by atoms with Gasteiger partial charge in [-0.1, -0.05) is 108 Å². The zero-order chi connectivity index (χ0) is 54.9. The number of nitrogens with one attached hydrogen (secondary N) is 2. The Balaban J connectivity index is 0.000000143. The second kappa shape index (κ2) is 24.3. The quantitative estimate of drug-likeness (QED) is 0.0588. The van der Waals surface area contributed by atoms with Gasteiger partial charge in [-0.15, -0.1) is 21.8 Å². The summed E-state index contributed by atoms with van der Waals surface area (Å²) in [6.07, 6.45) is -7.58. The van der Waals surface area contributed by atoms with Gasteiger partial charge in [0, 0.05) is 11.1 Å². The molecule has 402 valence electrons. The second-order valence-corrected chi connectivity index (χ2v) is 18.1. The van der Waals surface area contributed by atoms with Crippen molar-refractivity contribution in [1.82, 2.24) is 49.9 Å². The molecule has 5 aromatic carbocycles. The number of rotatable bonds is 13. The van der Waals surface area contributed by atoms with E-state index in [0.717, 1.165) is 32.9 Å². The minimum atomic E-state index is -1.83. The van der Waals surface area contributed by atoms with E-state index < -0.39 is 66.6 Å². The van der Waals surface area contributed by atoms with E-state index in [9.17, 15) is 28.6 Å². The number of halogens is 3. The summed E-state index contributed by atoms with van der Waals surface area (Å²) in [6.45, 7) is 1.25. The predicted molar refractivity (Wildman–Crippen MR) is 280 cm³/mol. The summed E-state index contributed by atoms with van der Waals surface area (Å²) in [4.78, 5) is 40.0. The van der Waals surface area contributed by atoms with Crippen molar-refractivity contribution in [2.45, 2.75) is 67.4 Å². The third-order valence-electron chi connectivity index (χ3n) is 12.9. The summed E-state index contributed by atoms with van der Waals surface area (Å²) in [5.74, 6) is 1.10. The summed E-state index contributed by atoms with van der Waals surface area (Å²) in [6, 6.07) is 42.9. The van der Waals surface area contributed by atoms with Gasteiger partial charge in [-0.2, -0.15) is 9.36 Å². The van der Waals surface area contributed by atoms with Gasteiger partial charge in [0.05, 0.1) is 26.9 Å². The molecule has 11 rings (SSSR count). The predicted octanol–water partition coefficient (Wildman–Crippen LogP) is 6.78. The number of hydrogen-bond acceptors (Lipinski definition) is 17. The van der Waals surface area contributed by atoms with Crippen molar-refractivity contribution < 1.29 is 52.6 Å². The fourth-order valence-electron chi connectivity index (χ4n) is 8.69. The molecule has 2 saturated heterocycles. The average Bonchev–Trinajstić information content (AvgIpc) is 4.36. The lowest BCUT2D eigenvalue weighted by atomic mass is 9.84. The van der Waals surface area contributed by atoms with Crippen molar-refractivity contribution in [1.29, 1.82) is 0 Å². The Morgan fingerprint density at radius 2 is 0.987 bits per heavy atom. The first-order valence-corrected chi connectivity index (χ1v) is 24.7. The highest BCUT2D eigenvalue weighted by Crippen LogP contribution is 2.44. The van der Waals surface area contributed by atoms with Crippen LogP contribution in [0.1, 0.15) is 63.2 Å². The Morgan fingerprint density at radius 3 is 1.36 bits per heavy atom. The molecule has 4 aromatic heterocycles. The van der Waals surface area contributed by atoms with Crippen LogP contribution < -0.4 is 20.1 Å². The zero-order valence-electron chi connectivity index (χ0n) is 41.9. The van der Waals surface area contributed by atoms with E-state index in [1.54, 1.807) is 81.8 Å². The van der Waals surface area contributed by atoms with Crippen molar-refractivity contribution >= 4 is 57.4 Å². The Labute approximate surface area is 448 Å². The Kier molecular flexibility index (Phi) is 16.9. The summed E-state index contributed by atoms with van der Waals surface area (Å²) in [7, 11) is 3.31. The molecule has 2 aliphatic heterocycles. The van der Waals surface area contributed by atoms with E-state index in [2.05, 4.69) is 51.2 Å². The van der Waals surface area contributed by atoms with Gasteiger partial charge in [0.1, 0.15) is 47.3 Å². The number of alkyl halides is 3. The topological polar surface area (TPSA) is 269 Å². The molecule has 2 amide bonds. The molecule has 0 saturated carbocycles. The summed E-state index contributed by atoms with van der Waals surface area (Å²) < 4.78 is 52.4. The minimum absolute atomic E-state index is 0.104. The maximum atomic E-state index is 14.5. The fraction of sp³-hybridized carbons (Fsp3) is 0.259. The van der Waals surface area contributed by atoms with Crippen LogP contribution in [0.4, 0.5) is 20.4 Å². The van der Waals surface area contributed by atoms with Crippen LogP contribution in [-0.2, 0) is 14.3 Å². The second-order valence-electron chi connectivity index (χ2n) is 17.6. The van der Waals surface area contributed by atoms with Crippen LogP contribution >= 0.6 is 11.6 Å². The van der Waals surface area contributed by atoms with Crippen LogP contribution in [0.2, 0.25) is 0 Å². The van der Waals surface area contributed by atoms with Crippen molar-refractivity contribution in [2.24, 2.45) is 0 Å². The summed E-state index contributed by atoms with van der Waals surface area (Å²) in [5, 5.41) is 49.8. The van der Waals surface area contributed by atoms with E-state index in [4.69, 9.17) is 35.7 Å². The van der Waals surface area contributed by atoms with Crippen molar-refractivity contribution in [2.75, 3.05) is 31.5 Å². The van der Waals surface area contributed by atoms with E-state index >= 15 is 0 Å². The molecule has 0 radical (unpaired) electrons. The van der Waals surface area contributed by atoms with Gasteiger partial charge in [-0.25, -0.2) is 28.7 Å². The number of hydrogen-bond donors (Lipinski definition) is 5. The first-order chi connectivity index (χ1) is 37.9. The first-order valence-electron chi connectivity index (χ1n) is 24.3. The number of nitrogens with zero attached hydrogens (tertiary/aromatic N) is 10. The number of benzene rings is 5. The fourth-order valence-corrected chi connectivity index (χ4v) is 9.07. The van der Waals surface area contributed by atoms with Crippen LogP contribution in [0.15, 0.2) is 152 Å².